The van der Waals surface area contributed by atoms with Gasteiger partial charge in [-0.3, -0.25) is 4.79 Å². The zero-order valence-corrected chi connectivity index (χ0v) is 12.6. The van der Waals surface area contributed by atoms with Crippen LogP contribution in [0, 0.1) is 0 Å². The first-order valence-electron chi connectivity index (χ1n) is 6.41. The molecule has 19 heavy (non-hydrogen) atoms. The van der Waals surface area contributed by atoms with Gasteiger partial charge in [-0.15, -0.1) is 12.4 Å². The van der Waals surface area contributed by atoms with E-state index in [-0.39, 0.29) is 30.4 Å². The Labute approximate surface area is 125 Å². The summed E-state index contributed by atoms with van der Waals surface area (Å²) >= 11 is 5.93. The van der Waals surface area contributed by atoms with Gasteiger partial charge in [0.15, 0.2) is 0 Å². The molecule has 2 rings (SSSR count). The van der Waals surface area contributed by atoms with E-state index in [1.165, 1.54) is 0 Å². The smallest absolute Gasteiger partial charge is 0.254 e. The number of rotatable bonds is 2. The number of carbonyl (C=O) groups excluding carboxylic acids is 1. The lowest BCUT2D eigenvalue weighted by Crippen LogP contribution is -2.51. The van der Waals surface area contributed by atoms with E-state index in [1.54, 1.807) is 24.3 Å². The van der Waals surface area contributed by atoms with Gasteiger partial charge in [0.25, 0.3) is 5.91 Å². The van der Waals surface area contributed by atoms with Gasteiger partial charge in [0.2, 0.25) is 0 Å². The molecule has 1 fully saturated rings. The molecule has 5 heteroatoms. The number of halogens is 2. The van der Waals surface area contributed by atoms with E-state index in [2.05, 4.69) is 0 Å². The number of hydrogen-bond donors (Lipinski definition) is 1. The summed E-state index contributed by atoms with van der Waals surface area (Å²) in [5.41, 5.74) is 6.63. The first-order chi connectivity index (χ1) is 8.59. The number of benzene rings is 1. The van der Waals surface area contributed by atoms with Gasteiger partial charge in [-0.2, -0.15) is 0 Å². The van der Waals surface area contributed by atoms with Crippen LogP contribution >= 0.6 is 24.0 Å². The standard InChI is InChI=1S/C14H19ClN2O.ClH/c1-10(16)13-7-2-3-8-17(13)14(18)11-5-4-6-12(15)9-11;/h4-6,9-10,13H,2-3,7-8,16H2,1H3;1H. The average Bonchev–Trinajstić information content (AvgIpc) is 2.38. The topological polar surface area (TPSA) is 46.3 Å². The Morgan fingerprint density at radius 3 is 2.84 bits per heavy atom. The number of amides is 1. The Hall–Kier alpha value is -0.770. The minimum atomic E-state index is 0. The second-order valence-electron chi connectivity index (χ2n) is 4.93. The number of likely N-dealkylation sites (tertiary alicyclic amines) is 1. The van der Waals surface area contributed by atoms with E-state index in [1.807, 2.05) is 11.8 Å². The summed E-state index contributed by atoms with van der Waals surface area (Å²) < 4.78 is 0. The first-order valence-corrected chi connectivity index (χ1v) is 6.79. The van der Waals surface area contributed by atoms with Crippen LogP contribution in [0.25, 0.3) is 0 Å². The van der Waals surface area contributed by atoms with E-state index in [0.29, 0.717) is 10.6 Å². The third-order valence-electron chi connectivity index (χ3n) is 3.49. The Morgan fingerprint density at radius 1 is 1.47 bits per heavy atom. The van der Waals surface area contributed by atoms with Crippen molar-refractivity contribution in [1.29, 1.82) is 0 Å². The minimum absolute atomic E-state index is 0. The van der Waals surface area contributed by atoms with Crippen molar-refractivity contribution in [2.24, 2.45) is 5.73 Å². The maximum absolute atomic E-state index is 12.5. The molecule has 3 nitrogen and oxygen atoms in total. The molecule has 0 bridgehead atoms. The highest BCUT2D eigenvalue weighted by Crippen LogP contribution is 2.22. The third kappa shape index (κ3) is 3.85. The quantitative estimate of drug-likeness (QED) is 0.912. The molecule has 1 heterocycles. The molecule has 1 amide bonds. The molecule has 2 unspecified atom stereocenters. The molecule has 2 N–H and O–H groups in total. The van der Waals surface area contributed by atoms with Gasteiger partial charge in [-0.1, -0.05) is 17.7 Å². The lowest BCUT2D eigenvalue weighted by atomic mass is 9.96. The highest BCUT2D eigenvalue weighted by molar-refractivity contribution is 6.30. The lowest BCUT2D eigenvalue weighted by Gasteiger charge is -2.38. The number of hydrogen-bond acceptors (Lipinski definition) is 2. The van der Waals surface area contributed by atoms with E-state index in [9.17, 15) is 4.79 Å². The van der Waals surface area contributed by atoms with Crippen molar-refractivity contribution < 1.29 is 4.79 Å². The van der Waals surface area contributed by atoms with Crippen LogP contribution in [0.2, 0.25) is 5.02 Å². The molecule has 0 spiro atoms. The van der Waals surface area contributed by atoms with Crippen molar-refractivity contribution in [2.75, 3.05) is 6.54 Å². The number of nitrogens with two attached hydrogens (primary N) is 1. The van der Waals surface area contributed by atoms with E-state index < -0.39 is 0 Å². The molecule has 1 aliphatic rings. The van der Waals surface area contributed by atoms with Gasteiger partial charge in [0, 0.05) is 29.2 Å². The molecular formula is C14H20Cl2N2O. The Kier molecular flexibility index (Phi) is 6.11. The summed E-state index contributed by atoms with van der Waals surface area (Å²) in [4.78, 5) is 14.4. The summed E-state index contributed by atoms with van der Waals surface area (Å²) in [6, 6.07) is 7.26. The minimum Gasteiger partial charge on any atom is -0.334 e. The second kappa shape index (κ2) is 7.13. The molecule has 1 saturated heterocycles. The van der Waals surface area contributed by atoms with Crippen molar-refractivity contribution >= 4 is 29.9 Å². The summed E-state index contributed by atoms with van der Waals surface area (Å²) in [6.07, 6.45) is 3.19. The largest absolute Gasteiger partial charge is 0.334 e. The Balaban J connectivity index is 0.00000180. The first kappa shape index (κ1) is 16.3. The number of nitrogens with zero attached hydrogens (tertiary/aromatic N) is 1. The number of piperidine rings is 1. The molecular weight excluding hydrogens is 283 g/mol. The highest BCUT2D eigenvalue weighted by atomic mass is 35.5. The van der Waals surface area contributed by atoms with Gasteiger partial charge in [0.1, 0.15) is 0 Å². The maximum Gasteiger partial charge on any atom is 0.254 e. The van der Waals surface area contributed by atoms with Crippen molar-refractivity contribution in [3.63, 3.8) is 0 Å². The van der Waals surface area contributed by atoms with Crippen LogP contribution in [0.15, 0.2) is 24.3 Å². The van der Waals surface area contributed by atoms with Crippen LogP contribution in [0.3, 0.4) is 0 Å². The van der Waals surface area contributed by atoms with E-state index >= 15 is 0 Å². The van der Waals surface area contributed by atoms with Crippen LogP contribution in [0.5, 0.6) is 0 Å². The predicted molar refractivity (Wildman–Crippen MR) is 81.0 cm³/mol. The van der Waals surface area contributed by atoms with E-state index in [4.69, 9.17) is 17.3 Å². The van der Waals surface area contributed by atoms with Crippen molar-refractivity contribution in [1.82, 2.24) is 4.90 Å². The molecule has 1 aromatic rings. The second-order valence-corrected chi connectivity index (χ2v) is 5.37. The van der Waals surface area contributed by atoms with Crippen molar-refractivity contribution in [3.8, 4) is 0 Å². The molecule has 0 aromatic heterocycles. The molecule has 0 aliphatic carbocycles. The van der Waals surface area contributed by atoms with Crippen molar-refractivity contribution in [2.45, 2.75) is 38.3 Å². The Bertz CT molecular complexity index is 437. The summed E-state index contributed by atoms with van der Waals surface area (Å²) in [5.74, 6) is 0.0412. The van der Waals surface area contributed by atoms with Gasteiger partial charge in [-0.05, 0) is 44.4 Å². The third-order valence-corrected chi connectivity index (χ3v) is 3.72. The van der Waals surface area contributed by atoms with Gasteiger partial charge in [0.05, 0.1) is 0 Å². The molecule has 1 aromatic carbocycles. The van der Waals surface area contributed by atoms with Crippen LogP contribution < -0.4 is 5.73 Å². The van der Waals surface area contributed by atoms with Crippen LogP contribution in [-0.4, -0.2) is 29.4 Å². The van der Waals surface area contributed by atoms with Crippen molar-refractivity contribution in [3.05, 3.63) is 34.9 Å². The summed E-state index contributed by atoms with van der Waals surface area (Å²) in [6.45, 7) is 2.76. The normalized spacial score (nSPS) is 20.6. The zero-order chi connectivity index (χ0) is 13.1. The van der Waals surface area contributed by atoms with Gasteiger partial charge >= 0.3 is 0 Å². The summed E-state index contributed by atoms with van der Waals surface area (Å²) in [7, 11) is 0. The van der Waals surface area contributed by atoms with Gasteiger partial charge in [-0.25, -0.2) is 0 Å². The molecule has 2 atom stereocenters. The average molecular weight is 303 g/mol. The van der Waals surface area contributed by atoms with Gasteiger partial charge < -0.3 is 10.6 Å². The highest BCUT2D eigenvalue weighted by Gasteiger charge is 2.29. The fourth-order valence-electron chi connectivity index (χ4n) is 2.54. The SMILES string of the molecule is CC(N)C1CCCCN1C(=O)c1cccc(Cl)c1.Cl. The fourth-order valence-corrected chi connectivity index (χ4v) is 2.73. The molecule has 0 saturated carbocycles. The molecule has 1 aliphatic heterocycles. The zero-order valence-electron chi connectivity index (χ0n) is 11.0. The van der Waals surface area contributed by atoms with E-state index in [0.717, 1.165) is 25.8 Å². The Morgan fingerprint density at radius 2 is 2.21 bits per heavy atom. The fraction of sp³-hybridized carbons (Fsp3) is 0.500. The molecule has 106 valence electrons. The maximum atomic E-state index is 12.5. The predicted octanol–water partition coefficient (Wildman–Crippen LogP) is 3.10. The van der Waals surface area contributed by atoms with Crippen LogP contribution in [-0.2, 0) is 0 Å². The lowest BCUT2D eigenvalue weighted by molar-refractivity contribution is 0.0584. The number of carbonyl (C=O) groups is 1. The monoisotopic (exact) mass is 302 g/mol. The summed E-state index contributed by atoms with van der Waals surface area (Å²) in [5, 5.41) is 0.593. The van der Waals surface area contributed by atoms with Crippen LogP contribution in [0.1, 0.15) is 36.5 Å². The van der Waals surface area contributed by atoms with Crippen LogP contribution in [0.4, 0.5) is 0 Å². The molecule has 0 radical (unpaired) electrons.